The van der Waals surface area contributed by atoms with Crippen molar-refractivity contribution in [3.8, 4) is 0 Å². The highest BCUT2D eigenvalue weighted by atomic mass is 32.1. The van der Waals surface area contributed by atoms with Crippen LogP contribution < -0.4 is 0 Å². The molecule has 3 rings (SSSR count). The molecule has 0 amide bonds. The average molecular weight is 302 g/mol. The molecule has 2 aromatic heterocycles. The van der Waals surface area contributed by atoms with E-state index in [1.54, 1.807) is 11.3 Å². The Morgan fingerprint density at radius 3 is 2.71 bits per heavy atom. The molecule has 0 aliphatic carbocycles. The van der Waals surface area contributed by atoms with Crippen molar-refractivity contribution in [3.63, 3.8) is 0 Å². The van der Waals surface area contributed by atoms with E-state index in [2.05, 4.69) is 42.6 Å². The van der Waals surface area contributed by atoms with Crippen LogP contribution in [0.2, 0.25) is 0 Å². The van der Waals surface area contributed by atoms with Gasteiger partial charge < -0.3 is 0 Å². The summed E-state index contributed by atoms with van der Waals surface area (Å²) in [5, 5.41) is 1.20. The average Bonchev–Trinajstić information content (AvgIpc) is 2.82. The van der Waals surface area contributed by atoms with Gasteiger partial charge in [-0.1, -0.05) is 20.8 Å². The van der Waals surface area contributed by atoms with E-state index in [0.29, 0.717) is 0 Å². The topological polar surface area (TPSA) is 41.9 Å². The van der Waals surface area contributed by atoms with Gasteiger partial charge in [0.25, 0.3) is 0 Å². The minimum atomic E-state index is 0.0184. The van der Waals surface area contributed by atoms with Crippen LogP contribution in [0.15, 0.2) is 12.4 Å². The molecule has 3 heterocycles. The summed E-state index contributed by atoms with van der Waals surface area (Å²) in [5.41, 5.74) is 2.51. The summed E-state index contributed by atoms with van der Waals surface area (Å²) in [6.45, 7) is 11.5. The molecule has 1 aliphatic heterocycles. The van der Waals surface area contributed by atoms with Crippen LogP contribution in [0.3, 0.4) is 0 Å². The fourth-order valence-corrected chi connectivity index (χ4v) is 3.37. The molecular formula is C16H22N4S. The van der Waals surface area contributed by atoms with Gasteiger partial charge in [-0.25, -0.2) is 15.0 Å². The fraction of sp³-hybridized carbons (Fsp3) is 0.562. The number of nitrogens with zero attached hydrogens (tertiary/aromatic N) is 4. The van der Waals surface area contributed by atoms with Gasteiger partial charge in [0.05, 0.1) is 6.54 Å². The van der Waals surface area contributed by atoms with Gasteiger partial charge in [0.15, 0.2) is 0 Å². The summed E-state index contributed by atoms with van der Waals surface area (Å²) in [6, 6.07) is 0. The molecule has 0 N–H and O–H groups in total. The van der Waals surface area contributed by atoms with Crippen LogP contribution in [0.25, 0.3) is 0 Å². The third kappa shape index (κ3) is 3.30. The van der Waals surface area contributed by atoms with Crippen LogP contribution in [0.1, 0.15) is 47.7 Å². The highest BCUT2D eigenvalue weighted by Crippen LogP contribution is 2.23. The summed E-state index contributed by atoms with van der Waals surface area (Å²) < 4.78 is 0. The van der Waals surface area contributed by atoms with E-state index < -0.39 is 0 Å². The Morgan fingerprint density at radius 2 is 2.05 bits per heavy atom. The van der Waals surface area contributed by atoms with Gasteiger partial charge in [0.2, 0.25) is 0 Å². The number of aromatic nitrogens is 3. The first-order valence-electron chi connectivity index (χ1n) is 7.41. The van der Waals surface area contributed by atoms with Crippen molar-refractivity contribution in [1.82, 2.24) is 19.9 Å². The summed E-state index contributed by atoms with van der Waals surface area (Å²) in [5.74, 6) is 0.949. The van der Waals surface area contributed by atoms with Gasteiger partial charge in [0, 0.05) is 53.5 Å². The number of fused-ring (bicyclic) bond motifs is 1. The summed E-state index contributed by atoms with van der Waals surface area (Å²) >= 11 is 1.78. The van der Waals surface area contributed by atoms with Crippen molar-refractivity contribution < 1.29 is 0 Å². The Hall–Kier alpha value is -1.33. The van der Waals surface area contributed by atoms with Crippen LogP contribution in [0.4, 0.5) is 0 Å². The van der Waals surface area contributed by atoms with Gasteiger partial charge in [-0.15, -0.1) is 11.3 Å². The maximum absolute atomic E-state index is 4.78. The summed E-state index contributed by atoms with van der Waals surface area (Å²) in [6.07, 6.45) is 4.98. The molecule has 21 heavy (non-hydrogen) atoms. The number of rotatable bonds is 2. The second-order valence-corrected chi connectivity index (χ2v) is 8.06. The van der Waals surface area contributed by atoms with Crippen LogP contribution in [-0.2, 0) is 24.9 Å². The molecule has 1 aliphatic rings. The minimum Gasteiger partial charge on any atom is -0.292 e. The highest BCUT2D eigenvalue weighted by Gasteiger charge is 2.23. The molecule has 0 unspecified atom stereocenters. The van der Waals surface area contributed by atoms with E-state index in [0.717, 1.165) is 31.9 Å². The molecule has 5 heteroatoms. The lowest BCUT2D eigenvalue weighted by Crippen LogP contribution is -2.31. The molecule has 0 saturated carbocycles. The second-order valence-electron chi connectivity index (χ2n) is 6.74. The third-order valence-corrected chi connectivity index (χ3v) is 4.61. The van der Waals surface area contributed by atoms with Gasteiger partial charge >= 0.3 is 0 Å². The van der Waals surface area contributed by atoms with Gasteiger partial charge in [0.1, 0.15) is 10.8 Å². The van der Waals surface area contributed by atoms with Crippen molar-refractivity contribution >= 4 is 11.3 Å². The smallest absolute Gasteiger partial charge is 0.133 e. The zero-order valence-electron chi connectivity index (χ0n) is 13.2. The fourth-order valence-electron chi connectivity index (χ4n) is 2.54. The van der Waals surface area contributed by atoms with E-state index >= 15 is 0 Å². The Balaban J connectivity index is 1.74. The van der Waals surface area contributed by atoms with Crippen molar-refractivity contribution in [2.45, 2.75) is 52.6 Å². The lowest BCUT2D eigenvalue weighted by atomic mass is 9.95. The van der Waals surface area contributed by atoms with Gasteiger partial charge in [-0.3, -0.25) is 4.90 Å². The SMILES string of the molecule is Cc1cnc(CN2CCc3nc(C(C)(C)C)ncc3C2)s1. The van der Waals surface area contributed by atoms with Crippen LogP contribution in [-0.4, -0.2) is 26.4 Å². The molecule has 0 spiro atoms. The van der Waals surface area contributed by atoms with Crippen LogP contribution in [0, 0.1) is 6.92 Å². The standard InChI is InChI=1S/C16H22N4S/c1-11-7-17-14(21-11)10-20-6-5-13-12(9-20)8-18-15(19-13)16(2,3)4/h7-8H,5-6,9-10H2,1-4H3. The van der Waals surface area contributed by atoms with E-state index in [4.69, 9.17) is 4.98 Å². The van der Waals surface area contributed by atoms with E-state index in [1.807, 2.05) is 12.4 Å². The first-order valence-corrected chi connectivity index (χ1v) is 8.22. The monoisotopic (exact) mass is 302 g/mol. The number of thiazole rings is 1. The summed E-state index contributed by atoms with van der Waals surface area (Å²) in [7, 11) is 0. The molecule has 0 fully saturated rings. The van der Waals surface area contributed by atoms with Crippen LogP contribution in [0.5, 0.6) is 0 Å². The number of hydrogen-bond donors (Lipinski definition) is 0. The molecule has 0 bridgehead atoms. The molecule has 4 nitrogen and oxygen atoms in total. The first kappa shape index (κ1) is 14.6. The number of hydrogen-bond acceptors (Lipinski definition) is 5. The molecule has 0 atom stereocenters. The Kier molecular flexibility index (Phi) is 3.80. The predicted molar refractivity (Wildman–Crippen MR) is 85.4 cm³/mol. The lowest BCUT2D eigenvalue weighted by molar-refractivity contribution is 0.242. The third-order valence-electron chi connectivity index (χ3n) is 3.71. The predicted octanol–water partition coefficient (Wildman–Crippen LogP) is 3.10. The Labute approximate surface area is 130 Å². The van der Waals surface area contributed by atoms with Crippen molar-refractivity contribution in [3.05, 3.63) is 39.4 Å². The molecule has 0 radical (unpaired) electrons. The van der Waals surface area contributed by atoms with Crippen molar-refractivity contribution in [2.24, 2.45) is 0 Å². The molecule has 0 aromatic carbocycles. The van der Waals surface area contributed by atoms with Crippen molar-refractivity contribution in [2.75, 3.05) is 6.54 Å². The zero-order chi connectivity index (χ0) is 15.0. The highest BCUT2D eigenvalue weighted by molar-refractivity contribution is 7.11. The van der Waals surface area contributed by atoms with Crippen molar-refractivity contribution in [1.29, 1.82) is 0 Å². The van der Waals surface area contributed by atoms with Gasteiger partial charge in [-0.05, 0) is 6.92 Å². The normalized spacial score (nSPS) is 16.0. The maximum Gasteiger partial charge on any atom is 0.133 e. The van der Waals surface area contributed by atoms with E-state index in [1.165, 1.54) is 21.1 Å². The second kappa shape index (κ2) is 5.46. The largest absolute Gasteiger partial charge is 0.292 e. The molecule has 2 aromatic rings. The molecule has 0 saturated heterocycles. The maximum atomic E-state index is 4.78. The van der Waals surface area contributed by atoms with E-state index in [9.17, 15) is 0 Å². The summed E-state index contributed by atoms with van der Waals surface area (Å²) in [4.78, 5) is 17.5. The lowest BCUT2D eigenvalue weighted by Gasteiger charge is -2.28. The molecular weight excluding hydrogens is 280 g/mol. The number of aryl methyl sites for hydroxylation is 1. The van der Waals surface area contributed by atoms with Crippen LogP contribution >= 0.6 is 11.3 Å². The Morgan fingerprint density at radius 1 is 1.24 bits per heavy atom. The zero-order valence-corrected chi connectivity index (χ0v) is 14.0. The Bertz CT molecular complexity index is 642. The van der Waals surface area contributed by atoms with E-state index in [-0.39, 0.29) is 5.41 Å². The molecule has 112 valence electrons. The minimum absolute atomic E-state index is 0.0184. The van der Waals surface area contributed by atoms with Gasteiger partial charge in [-0.2, -0.15) is 0 Å². The quantitative estimate of drug-likeness (QED) is 0.855. The first-order chi connectivity index (χ1) is 9.91.